The predicted molar refractivity (Wildman–Crippen MR) is 88.9 cm³/mol. The van der Waals surface area contributed by atoms with Gasteiger partial charge in [0, 0.05) is 18.0 Å². The van der Waals surface area contributed by atoms with Crippen molar-refractivity contribution in [2.75, 3.05) is 6.54 Å². The van der Waals surface area contributed by atoms with Crippen LogP contribution in [0.5, 0.6) is 0 Å². The molecule has 1 aliphatic rings. The molecule has 2 heterocycles. The highest BCUT2D eigenvalue weighted by molar-refractivity contribution is 7.80. The number of thiophene rings is 1. The van der Waals surface area contributed by atoms with Crippen LogP contribution in [-0.2, 0) is 6.54 Å². The highest BCUT2D eigenvalue weighted by Gasteiger charge is 2.28. The topological polar surface area (TPSA) is 15.3 Å². The first-order valence-electron chi connectivity index (χ1n) is 6.96. The van der Waals surface area contributed by atoms with Crippen LogP contribution in [0.25, 0.3) is 0 Å². The molecule has 1 fully saturated rings. The van der Waals surface area contributed by atoms with E-state index in [4.69, 9.17) is 12.2 Å². The van der Waals surface area contributed by atoms with Gasteiger partial charge in [-0.1, -0.05) is 36.4 Å². The second-order valence-corrected chi connectivity index (χ2v) is 6.38. The Hall–Kier alpha value is -1.39. The van der Waals surface area contributed by atoms with Crippen molar-refractivity contribution in [2.45, 2.75) is 25.4 Å². The molecular weight excluding hydrogens is 284 g/mol. The minimum absolute atomic E-state index is 0.464. The molecule has 104 valence electrons. The van der Waals surface area contributed by atoms with E-state index >= 15 is 0 Å². The summed E-state index contributed by atoms with van der Waals surface area (Å²) >= 11 is 7.41. The lowest BCUT2D eigenvalue weighted by Gasteiger charge is -2.27. The zero-order chi connectivity index (χ0) is 13.8. The van der Waals surface area contributed by atoms with E-state index in [1.807, 2.05) is 17.4 Å². The Balaban J connectivity index is 1.62. The summed E-state index contributed by atoms with van der Waals surface area (Å²) < 4.78 is 0. The van der Waals surface area contributed by atoms with Crippen molar-refractivity contribution in [3.05, 3.63) is 58.3 Å². The van der Waals surface area contributed by atoms with E-state index in [0.717, 1.165) is 18.2 Å². The molecule has 2 nitrogen and oxygen atoms in total. The SMILES string of the molecule is S=C(NCc1ccccc1)N1CCC[C@@H]1c1cccs1. The Kier molecular flexibility index (Phi) is 4.33. The average Bonchev–Trinajstić information content (AvgIpc) is 3.15. The molecule has 0 radical (unpaired) electrons. The van der Waals surface area contributed by atoms with Gasteiger partial charge in [0.2, 0.25) is 0 Å². The standard InChI is InChI=1S/C16H18N2S2/c19-16(17-12-13-6-2-1-3-7-13)18-10-4-8-14(18)15-9-5-11-20-15/h1-3,5-7,9,11,14H,4,8,10,12H2,(H,17,19)/t14-/m1/s1. The van der Waals surface area contributed by atoms with Gasteiger partial charge in [0.05, 0.1) is 6.04 Å². The summed E-state index contributed by atoms with van der Waals surface area (Å²) in [4.78, 5) is 3.76. The number of nitrogens with zero attached hydrogens (tertiary/aromatic N) is 1. The zero-order valence-corrected chi connectivity index (χ0v) is 12.9. The largest absolute Gasteiger partial charge is 0.358 e. The second kappa shape index (κ2) is 6.37. The summed E-state index contributed by atoms with van der Waals surface area (Å²) in [6.07, 6.45) is 2.42. The summed E-state index contributed by atoms with van der Waals surface area (Å²) in [7, 11) is 0. The number of rotatable bonds is 3. The van der Waals surface area contributed by atoms with Crippen molar-refractivity contribution in [1.29, 1.82) is 0 Å². The van der Waals surface area contributed by atoms with Gasteiger partial charge < -0.3 is 10.2 Å². The summed E-state index contributed by atoms with van der Waals surface area (Å²) in [6, 6.07) is 15.2. The van der Waals surface area contributed by atoms with E-state index in [1.165, 1.54) is 23.3 Å². The van der Waals surface area contributed by atoms with Crippen LogP contribution in [0.1, 0.15) is 29.3 Å². The lowest BCUT2D eigenvalue weighted by molar-refractivity contribution is 0.398. The first-order chi connectivity index (χ1) is 9.84. The van der Waals surface area contributed by atoms with E-state index in [0.29, 0.717) is 6.04 Å². The Labute approximate surface area is 129 Å². The molecule has 1 saturated heterocycles. The third-order valence-corrected chi connectivity index (χ3v) is 5.02. The smallest absolute Gasteiger partial charge is 0.169 e. The molecule has 1 aromatic carbocycles. The normalized spacial score (nSPS) is 18.2. The van der Waals surface area contributed by atoms with Crippen molar-refractivity contribution in [1.82, 2.24) is 10.2 Å². The van der Waals surface area contributed by atoms with Crippen LogP contribution in [0.15, 0.2) is 47.8 Å². The van der Waals surface area contributed by atoms with E-state index in [1.54, 1.807) is 0 Å². The van der Waals surface area contributed by atoms with Crippen LogP contribution in [0.2, 0.25) is 0 Å². The molecule has 1 aliphatic heterocycles. The molecule has 0 aliphatic carbocycles. The monoisotopic (exact) mass is 302 g/mol. The van der Waals surface area contributed by atoms with Crippen LogP contribution in [0, 0.1) is 0 Å². The summed E-state index contributed by atoms with van der Waals surface area (Å²) in [5.74, 6) is 0. The van der Waals surface area contributed by atoms with Crippen molar-refractivity contribution in [2.24, 2.45) is 0 Å². The maximum absolute atomic E-state index is 5.58. The molecule has 1 N–H and O–H groups in total. The van der Waals surface area contributed by atoms with Gasteiger partial charge in [-0.25, -0.2) is 0 Å². The number of hydrogen-bond acceptors (Lipinski definition) is 2. The Morgan fingerprint density at radius 3 is 2.85 bits per heavy atom. The zero-order valence-electron chi connectivity index (χ0n) is 11.3. The Morgan fingerprint density at radius 1 is 1.25 bits per heavy atom. The molecule has 4 heteroatoms. The maximum atomic E-state index is 5.58. The fourth-order valence-electron chi connectivity index (χ4n) is 2.66. The number of thiocarbonyl (C=S) groups is 1. The molecular formula is C16H18N2S2. The minimum atomic E-state index is 0.464. The highest BCUT2D eigenvalue weighted by Crippen LogP contribution is 2.34. The summed E-state index contributed by atoms with van der Waals surface area (Å²) in [5.41, 5.74) is 1.27. The number of nitrogens with one attached hydrogen (secondary N) is 1. The molecule has 20 heavy (non-hydrogen) atoms. The van der Waals surface area contributed by atoms with Crippen LogP contribution >= 0.6 is 23.6 Å². The van der Waals surface area contributed by atoms with Crippen molar-refractivity contribution in [3.8, 4) is 0 Å². The summed E-state index contributed by atoms with van der Waals surface area (Å²) in [6.45, 7) is 1.86. The van der Waals surface area contributed by atoms with E-state index in [2.05, 4.69) is 52.0 Å². The van der Waals surface area contributed by atoms with E-state index < -0.39 is 0 Å². The second-order valence-electron chi connectivity index (χ2n) is 5.01. The molecule has 0 unspecified atom stereocenters. The third kappa shape index (κ3) is 3.02. The van der Waals surface area contributed by atoms with Gasteiger partial charge in [0.1, 0.15) is 0 Å². The first-order valence-corrected chi connectivity index (χ1v) is 8.25. The van der Waals surface area contributed by atoms with Crippen molar-refractivity contribution < 1.29 is 0 Å². The Morgan fingerprint density at radius 2 is 2.10 bits per heavy atom. The molecule has 0 bridgehead atoms. The fraction of sp³-hybridized carbons (Fsp3) is 0.312. The number of hydrogen-bond donors (Lipinski definition) is 1. The van der Waals surface area contributed by atoms with Crippen LogP contribution < -0.4 is 5.32 Å². The maximum Gasteiger partial charge on any atom is 0.169 e. The van der Waals surface area contributed by atoms with Gasteiger partial charge >= 0.3 is 0 Å². The molecule has 3 rings (SSSR count). The van der Waals surface area contributed by atoms with Gasteiger partial charge in [-0.2, -0.15) is 0 Å². The van der Waals surface area contributed by atoms with Gasteiger partial charge in [-0.15, -0.1) is 11.3 Å². The van der Waals surface area contributed by atoms with E-state index in [9.17, 15) is 0 Å². The molecule has 0 saturated carbocycles. The van der Waals surface area contributed by atoms with Crippen LogP contribution in [0.3, 0.4) is 0 Å². The van der Waals surface area contributed by atoms with Crippen LogP contribution in [-0.4, -0.2) is 16.6 Å². The van der Waals surface area contributed by atoms with Crippen molar-refractivity contribution in [3.63, 3.8) is 0 Å². The minimum Gasteiger partial charge on any atom is -0.358 e. The predicted octanol–water partition coefficient (Wildman–Crippen LogP) is 3.96. The highest BCUT2D eigenvalue weighted by atomic mass is 32.1. The van der Waals surface area contributed by atoms with E-state index in [-0.39, 0.29) is 0 Å². The molecule has 0 amide bonds. The third-order valence-electron chi connectivity index (χ3n) is 3.67. The molecule has 1 aromatic heterocycles. The van der Waals surface area contributed by atoms with Crippen molar-refractivity contribution >= 4 is 28.7 Å². The van der Waals surface area contributed by atoms with Gasteiger partial charge in [-0.3, -0.25) is 0 Å². The van der Waals surface area contributed by atoms with Gasteiger partial charge in [0.25, 0.3) is 0 Å². The van der Waals surface area contributed by atoms with Gasteiger partial charge in [-0.05, 0) is 42.1 Å². The lowest BCUT2D eigenvalue weighted by Crippen LogP contribution is -2.38. The molecule has 0 spiro atoms. The quantitative estimate of drug-likeness (QED) is 0.864. The fourth-order valence-corrected chi connectivity index (χ4v) is 3.83. The van der Waals surface area contributed by atoms with Crippen LogP contribution in [0.4, 0.5) is 0 Å². The number of likely N-dealkylation sites (tertiary alicyclic amines) is 1. The first kappa shape index (κ1) is 13.6. The lowest BCUT2D eigenvalue weighted by atomic mass is 10.2. The number of benzene rings is 1. The van der Waals surface area contributed by atoms with Gasteiger partial charge in [0.15, 0.2) is 5.11 Å². The molecule has 2 aromatic rings. The summed E-state index contributed by atoms with van der Waals surface area (Å²) in [5, 5.41) is 6.42. The average molecular weight is 302 g/mol. The molecule has 1 atom stereocenters. The Bertz CT molecular complexity index is 551.